The molecule has 0 spiro atoms. The van der Waals surface area contributed by atoms with E-state index in [1.165, 1.54) is 6.07 Å². The van der Waals surface area contributed by atoms with Gasteiger partial charge in [-0.1, -0.05) is 36.4 Å². The van der Waals surface area contributed by atoms with Gasteiger partial charge in [-0.05, 0) is 19.1 Å². The predicted molar refractivity (Wildman–Crippen MR) is 85.0 cm³/mol. The van der Waals surface area contributed by atoms with Crippen LogP contribution in [0.1, 0.15) is 5.82 Å². The molecule has 5 heteroatoms. The SMILES string of the molecule is Cc1nnc2c(N)c(-c3ccccc3F)c3ccccc3n12. The number of nitrogens with two attached hydrogens (primary N) is 1. The molecular weight excluding hydrogens is 279 g/mol. The Labute approximate surface area is 126 Å². The number of nitrogens with zero attached hydrogens (tertiary/aromatic N) is 3. The highest BCUT2D eigenvalue weighted by Gasteiger charge is 2.18. The predicted octanol–water partition coefficient (Wildman–Crippen LogP) is 3.58. The monoisotopic (exact) mass is 292 g/mol. The van der Waals surface area contributed by atoms with Crippen LogP contribution in [0.25, 0.3) is 27.7 Å². The van der Waals surface area contributed by atoms with E-state index in [1.54, 1.807) is 18.2 Å². The second-order valence-electron chi connectivity index (χ2n) is 5.19. The molecule has 0 atom stereocenters. The number of benzene rings is 2. The van der Waals surface area contributed by atoms with Crippen LogP contribution in [0.2, 0.25) is 0 Å². The van der Waals surface area contributed by atoms with Crippen LogP contribution in [0.4, 0.5) is 10.1 Å². The minimum atomic E-state index is -0.306. The lowest BCUT2D eigenvalue weighted by molar-refractivity contribution is 0.631. The van der Waals surface area contributed by atoms with E-state index in [1.807, 2.05) is 35.6 Å². The van der Waals surface area contributed by atoms with E-state index in [-0.39, 0.29) is 5.82 Å². The number of halogens is 1. The van der Waals surface area contributed by atoms with Gasteiger partial charge in [-0.2, -0.15) is 0 Å². The normalized spacial score (nSPS) is 11.4. The Morgan fingerprint density at radius 2 is 1.73 bits per heavy atom. The molecule has 2 N–H and O–H groups in total. The van der Waals surface area contributed by atoms with Gasteiger partial charge in [0.05, 0.1) is 11.2 Å². The van der Waals surface area contributed by atoms with Crippen LogP contribution in [0, 0.1) is 12.7 Å². The summed E-state index contributed by atoms with van der Waals surface area (Å²) >= 11 is 0. The van der Waals surface area contributed by atoms with Crippen molar-refractivity contribution in [2.45, 2.75) is 6.92 Å². The first kappa shape index (κ1) is 12.8. The van der Waals surface area contributed by atoms with Crippen LogP contribution >= 0.6 is 0 Å². The van der Waals surface area contributed by atoms with Gasteiger partial charge < -0.3 is 5.73 Å². The van der Waals surface area contributed by atoms with Crippen molar-refractivity contribution in [1.82, 2.24) is 14.6 Å². The van der Waals surface area contributed by atoms with Crippen molar-refractivity contribution in [3.63, 3.8) is 0 Å². The van der Waals surface area contributed by atoms with E-state index < -0.39 is 0 Å². The molecule has 4 aromatic rings. The Bertz CT molecular complexity index is 1020. The number of anilines is 1. The van der Waals surface area contributed by atoms with Crippen molar-refractivity contribution in [3.8, 4) is 11.1 Å². The number of hydrogen-bond acceptors (Lipinski definition) is 3. The average molecular weight is 292 g/mol. The minimum absolute atomic E-state index is 0.306. The molecule has 0 bridgehead atoms. The summed E-state index contributed by atoms with van der Waals surface area (Å²) < 4.78 is 16.2. The molecule has 0 saturated carbocycles. The van der Waals surface area contributed by atoms with Crippen LogP contribution in [0.5, 0.6) is 0 Å². The molecule has 4 nitrogen and oxygen atoms in total. The Morgan fingerprint density at radius 3 is 2.55 bits per heavy atom. The van der Waals surface area contributed by atoms with Gasteiger partial charge in [-0.15, -0.1) is 10.2 Å². The molecule has 2 aromatic heterocycles. The molecule has 2 heterocycles. The second-order valence-corrected chi connectivity index (χ2v) is 5.19. The minimum Gasteiger partial charge on any atom is -0.395 e. The second kappa shape index (κ2) is 4.53. The molecule has 0 aliphatic heterocycles. The summed E-state index contributed by atoms with van der Waals surface area (Å²) in [7, 11) is 0. The number of fused-ring (bicyclic) bond motifs is 3. The summed E-state index contributed by atoms with van der Waals surface area (Å²) in [6.45, 7) is 1.87. The van der Waals surface area contributed by atoms with Gasteiger partial charge in [0.25, 0.3) is 0 Å². The zero-order chi connectivity index (χ0) is 15.3. The third-order valence-corrected chi connectivity index (χ3v) is 3.89. The molecule has 22 heavy (non-hydrogen) atoms. The number of hydrogen-bond donors (Lipinski definition) is 1. The highest BCUT2D eigenvalue weighted by atomic mass is 19.1. The fourth-order valence-corrected chi connectivity index (χ4v) is 2.92. The fourth-order valence-electron chi connectivity index (χ4n) is 2.92. The van der Waals surface area contributed by atoms with E-state index in [9.17, 15) is 4.39 Å². The number of aromatic nitrogens is 3. The zero-order valence-corrected chi connectivity index (χ0v) is 11.9. The Hall–Kier alpha value is -2.95. The summed E-state index contributed by atoms with van der Waals surface area (Å²) in [5, 5.41) is 9.13. The quantitative estimate of drug-likeness (QED) is 0.583. The summed E-state index contributed by atoms with van der Waals surface area (Å²) in [6, 6.07) is 14.4. The van der Waals surface area contributed by atoms with E-state index in [0.29, 0.717) is 22.5 Å². The van der Waals surface area contributed by atoms with Gasteiger partial charge >= 0.3 is 0 Å². The first-order chi connectivity index (χ1) is 10.7. The van der Waals surface area contributed by atoms with Gasteiger partial charge in [0, 0.05) is 16.5 Å². The van der Waals surface area contributed by atoms with E-state index in [4.69, 9.17) is 5.73 Å². The van der Waals surface area contributed by atoms with Gasteiger partial charge in [-0.25, -0.2) is 4.39 Å². The van der Waals surface area contributed by atoms with Crippen LogP contribution in [-0.4, -0.2) is 14.6 Å². The van der Waals surface area contributed by atoms with Gasteiger partial charge in [0.15, 0.2) is 5.65 Å². The van der Waals surface area contributed by atoms with Crippen molar-refractivity contribution in [2.75, 3.05) is 5.73 Å². The first-order valence-corrected chi connectivity index (χ1v) is 6.95. The van der Waals surface area contributed by atoms with Crippen molar-refractivity contribution in [1.29, 1.82) is 0 Å². The number of aryl methyl sites for hydroxylation is 1. The maximum absolute atomic E-state index is 14.3. The zero-order valence-electron chi connectivity index (χ0n) is 11.9. The van der Waals surface area contributed by atoms with Crippen molar-refractivity contribution in [2.24, 2.45) is 0 Å². The molecule has 0 aliphatic carbocycles. The van der Waals surface area contributed by atoms with Crippen LogP contribution in [-0.2, 0) is 0 Å². The van der Waals surface area contributed by atoms with Crippen molar-refractivity contribution in [3.05, 3.63) is 60.2 Å². The summed E-state index contributed by atoms with van der Waals surface area (Å²) in [5.41, 5.74) is 9.34. The van der Waals surface area contributed by atoms with Gasteiger partial charge in [-0.3, -0.25) is 4.40 Å². The maximum atomic E-state index is 14.3. The summed E-state index contributed by atoms with van der Waals surface area (Å²) in [6.07, 6.45) is 0. The highest BCUT2D eigenvalue weighted by Crippen LogP contribution is 2.37. The summed E-state index contributed by atoms with van der Waals surface area (Å²) in [5.74, 6) is 0.443. The van der Waals surface area contributed by atoms with E-state index >= 15 is 0 Å². The molecule has 108 valence electrons. The van der Waals surface area contributed by atoms with Crippen LogP contribution in [0.15, 0.2) is 48.5 Å². The lowest BCUT2D eigenvalue weighted by Gasteiger charge is -2.13. The average Bonchev–Trinajstić information content (AvgIpc) is 2.92. The maximum Gasteiger partial charge on any atom is 0.185 e. The van der Waals surface area contributed by atoms with E-state index in [2.05, 4.69) is 10.2 Å². The number of rotatable bonds is 1. The molecule has 4 rings (SSSR count). The largest absolute Gasteiger partial charge is 0.395 e. The topological polar surface area (TPSA) is 56.2 Å². The molecule has 2 aromatic carbocycles. The fraction of sp³-hybridized carbons (Fsp3) is 0.0588. The molecule has 0 amide bonds. The third kappa shape index (κ3) is 1.62. The van der Waals surface area contributed by atoms with Crippen molar-refractivity contribution < 1.29 is 4.39 Å². The summed E-state index contributed by atoms with van der Waals surface area (Å²) in [4.78, 5) is 0. The molecular formula is C17H13FN4. The smallest absolute Gasteiger partial charge is 0.185 e. The number of para-hydroxylation sites is 1. The van der Waals surface area contributed by atoms with Gasteiger partial charge in [0.1, 0.15) is 11.6 Å². The Morgan fingerprint density at radius 1 is 1.00 bits per heavy atom. The van der Waals surface area contributed by atoms with E-state index in [0.717, 1.165) is 16.7 Å². The van der Waals surface area contributed by atoms with Crippen LogP contribution in [0.3, 0.4) is 0 Å². The third-order valence-electron chi connectivity index (χ3n) is 3.89. The number of nitrogen functional groups attached to an aromatic ring is 1. The molecule has 0 saturated heterocycles. The molecule has 0 fully saturated rings. The molecule has 0 aliphatic rings. The highest BCUT2D eigenvalue weighted by molar-refractivity contribution is 6.05. The first-order valence-electron chi connectivity index (χ1n) is 6.95. The van der Waals surface area contributed by atoms with Crippen LogP contribution < -0.4 is 5.73 Å². The lowest BCUT2D eigenvalue weighted by atomic mass is 9.98. The lowest BCUT2D eigenvalue weighted by Crippen LogP contribution is -2.01. The van der Waals surface area contributed by atoms with Crippen molar-refractivity contribution >= 4 is 22.2 Å². The molecule has 0 unspecified atom stereocenters. The standard InChI is InChI=1S/C17H13FN4/c1-10-20-21-17-16(19)15(11-6-2-4-8-13(11)18)12-7-3-5-9-14(12)22(10)17/h2-9H,19H2,1H3. The Kier molecular flexibility index (Phi) is 2.63. The molecule has 0 radical (unpaired) electrons. The number of pyridine rings is 1. The van der Waals surface area contributed by atoms with Gasteiger partial charge in [0.2, 0.25) is 0 Å². The Balaban J connectivity index is 2.27.